The highest BCUT2D eigenvalue weighted by Gasteiger charge is 2.27. The monoisotopic (exact) mass is 252 g/mol. The second kappa shape index (κ2) is 3.75. The second-order valence-electron chi connectivity index (χ2n) is 4.72. The van der Waals surface area contributed by atoms with Crippen LogP contribution in [0.15, 0.2) is 42.5 Å². The van der Waals surface area contributed by atoms with Crippen LogP contribution in [0.2, 0.25) is 0 Å². The molecule has 4 rings (SSSR count). The van der Waals surface area contributed by atoms with Crippen molar-refractivity contribution < 1.29 is 9.84 Å². The molecule has 19 heavy (non-hydrogen) atoms. The fraction of sp³-hybridized carbons (Fsp3) is 0.133. The Morgan fingerprint density at radius 3 is 3.05 bits per heavy atom. The summed E-state index contributed by atoms with van der Waals surface area (Å²) in [6.45, 7) is 0.602. The number of phenolic OH excluding ortho intramolecular Hbond substituents is 1. The minimum Gasteiger partial charge on any atom is -0.508 e. The highest BCUT2D eigenvalue weighted by molar-refractivity contribution is 5.77. The summed E-state index contributed by atoms with van der Waals surface area (Å²) in [5.41, 5.74) is 2.86. The van der Waals surface area contributed by atoms with Gasteiger partial charge in [-0.25, -0.2) is 4.98 Å². The number of imidazole rings is 1. The number of aromatic nitrogens is 2. The van der Waals surface area contributed by atoms with Gasteiger partial charge in [0, 0.05) is 11.6 Å². The van der Waals surface area contributed by atoms with Crippen molar-refractivity contribution in [2.45, 2.75) is 5.92 Å². The zero-order valence-electron chi connectivity index (χ0n) is 10.1. The molecule has 2 aromatic carbocycles. The van der Waals surface area contributed by atoms with Gasteiger partial charge in [-0.3, -0.25) is 0 Å². The third-order valence-corrected chi connectivity index (χ3v) is 3.51. The van der Waals surface area contributed by atoms with E-state index < -0.39 is 0 Å². The molecule has 0 bridgehead atoms. The lowest BCUT2D eigenvalue weighted by molar-refractivity contribution is 0.340. The fourth-order valence-electron chi connectivity index (χ4n) is 2.57. The summed E-state index contributed by atoms with van der Waals surface area (Å²) in [5.74, 6) is 2.18. The molecule has 4 heteroatoms. The van der Waals surface area contributed by atoms with Gasteiger partial charge in [0.25, 0.3) is 0 Å². The Hall–Kier alpha value is -2.49. The Bertz CT molecular complexity index is 764. The van der Waals surface area contributed by atoms with Gasteiger partial charge in [-0.15, -0.1) is 0 Å². The van der Waals surface area contributed by atoms with Crippen LogP contribution in [0.1, 0.15) is 17.3 Å². The summed E-state index contributed by atoms with van der Waals surface area (Å²) in [7, 11) is 0. The average Bonchev–Trinajstić information content (AvgIpc) is 3.00. The maximum atomic E-state index is 9.49. The van der Waals surface area contributed by atoms with Crippen LogP contribution in [0.5, 0.6) is 11.5 Å². The van der Waals surface area contributed by atoms with Crippen molar-refractivity contribution in [1.29, 1.82) is 0 Å². The molecule has 0 amide bonds. The van der Waals surface area contributed by atoms with Gasteiger partial charge in [0.05, 0.1) is 17.0 Å². The molecule has 2 N–H and O–H groups in total. The Labute approximate surface area is 109 Å². The SMILES string of the molecule is Oc1ccc2nc(C3COc4ccccc43)[nH]c2c1. The van der Waals surface area contributed by atoms with Crippen molar-refractivity contribution in [3.05, 3.63) is 53.9 Å². The first-order valence-electron chi connectivity index (χ1n) is 6.21. The Morgan fingerprint density at radius 1 is 1.21 bits per heavy atom. The number of H-pyrrole nitrogens is 1. The number of aromatic amines is 1. The zero-order valence-corrected chi connectivity index (χ0v) is 10.1. The molecule has 0 spiro atoms. The zero-order chi connectivity index (χ0) is 12.8. The first-order chi connectivity index (χ1) is 9.31. The van der Waals surface area contributed by atoms with Crippen molar-refractivity contribution in [2.24, 2.45) is 0 Å². The number of ether oxygens (including phenoxy) is 1. The first-order valence-corrected chi connectivity index (χ1v) is 6.21. The second-order valence-corrected chi connectivity index (χ2v) is 4.72. The van der Waals surface area contributed by atoms with Gasteiger partial charge >= 0.3 is 0 Å². The summed E-state index contributed by atoms with van der Waals surface area (Å²) in [6.07, 6.45) is 0. The van der Waals surface area contributed by atoms with Crippen molar-refractivity contribution in [1.82, 2.24) is 9.97 Å². The van der Waals surface area contributed by atoms with E-state index in [1.54, 1.807) is 12.1 Å². The summed E-state index contributed by atoms with van der Waals surface area (Å²) in [4.78, 5) is 7.86. The van der Waals surface area contributed by atoms with Crippen LogP contribution in [0.25, 0.3) is 11.0 Å². The number of aromatic hydroxyl groups is 1. The summed E-state index contributed by atoms with van der Waals surface area (Å²) >= 11 is 0. The Balaban J connectivity index is 1.83. The summed E-state index contributed by atoms with van der Waals surface area (Å²) < 4.78 is 5.68. The van der Waals surface area contributed by atoms with Crippen molar-refractivity contribution in [3.8, 4) is 11.5 Å². The number of fused-ring (bicyclic) bond motifs is 2. The van der Waals surface area contributed by atoms with E-state index >= 15 is 0 Å². The third-order valence-electron chi connectivity index (χ3n) is 3.51. The van der Waals surface area contributed by atoms with Crippen molar-refractivity contribution in [2.75, 3.05) is 6.61 Å². The number of benzene rings is 2. The average molecular weight is 252 g/mol. The Morgan fingerprint density at radius 2 is 2.11 bits per heavy atom. The molecule has 1 unspecified atom stereocenters. The lowest BCUT2D eigenvalue weighted by Gasteiger charge is -2.03. The van der Waals surface area contributed by atoms with Crippen LogP contribution in [-0.4, -0.2) is 21.7 Å². The van der Waals surface area contributed by atoms with Gasteiger partial charge in [-0.1, -0.05) is 18.2 Å². The van der Waals surface area contributed by atoms with E-state index in [1.807, 2.05) is 24.3 Å². The molecule has 1 atom stereocenters. The smallest absolute Gasteiger partial charge is 0.123 e. The van der Waals surface area contributed by atoms with Crippen LogP contribution >= 0.6 is 0 Å². The molecule has 0 fully saturated rings. The highest BCUT2D eigenvalue weighted by atomic mass is 16.5. The molecular weight excluding hydrogens is 240 g/mol. The lowest BCUT2D eigenvalue weighted by Crippen LogP contribution is -2.04. The third kappa shape index (κ3) is 1.57. The number of para-hydroxylation sites is 1. The van der Waals surface area contributed by atoms with Gasteiger partial charge in [-0.2, -0.15) is 0 Å². The molecule has 4 nitrogen and oxygen atoms in total. The van der Waals surface area contributed by atoms with Crippen molar-refractivity contribution >= 4 is 11.0 Å². The fourth-order valence-corrected chi connectivity index (χ4v) is 2.57. The minimum absolute atomic E-state index is 0.130. The molecule has 0 aliphatic carbocycles. The van der Waals surface area contributed by atoms with E-state index in [0.717, 1.165) is 28.2 Å². The van der Waals surface area contributed by atoms with E-state index in [2.05, 4.69) is 16.0 Å². The number of rotatable bonds is 1. The van der Waals surface area contributed by atoms with E-state index in [1.165, 1.54) is 0 Å². The number of phenols is 1. The van der Waals surface area contributed by atoms with Gasteiger partial charge in [0.1, 0.15) is 23.9 Å². The molecule has 1 aliphatic rings. The number of hydrogen-bond acceptors (Lipinski definition) is 3. The van der Waals surface area contributed by atoms with E-state index in [-0.39, 0.29) is 11.7 Å². The quantitative estimate of drug-likeness (QED) is 0.700. The van der Waals surface area contributed by atoms with Gasteiger partial charge in [-0.05, 0) is 18.2 Å². The summed E-state index contributed by atoms with van der Waals surface area (Å²) in [6, 6.07) is 13.2. The maximum absolute atomic E-state index is 9.49. The van der Waals surface area contributed by atoms with Gasteiger partial charge in [0.2, 0.25) is 0 Å². The van der Waals surface area contributed by atoms with E-state index in [0.29, 0.717) is 6.61 Å². The predicted octanol–water partition coefficient (Wildman–Crippen LogP) is 2.79. The minimum atomic E-state index is 0.130. The molecular formula is C15H12N2O2. The van der Waals surface area contributed by atoms with Gasteiger partial charge < -0.3 is 14.8 Å². The van der Waals surface area contributed by atoms with Crippen LogP contribution in [0.4, 0.5) is 0 Å². The van der Waals surface area contributed by atoms with Crippen molar-refractivity contribution in [3.63, 3.8) is 0 Å². The molecule has 0 saturated carbocycles. The lowest BCUT2D eigenvalue weighted by atomic mass is 10.0. The number of hydrogen-bond donors (Lipinski definition) is 2. The Kier molecular flexibility index (Phi) is 2.06. The molecule has 2 heterocycles. The number of nitrogens with one attached hydrogen (secondary N) is 1. The van der Waals surface area contributed by atoms with Crippen LogP contribution in [0.3, 0.4) is 0 Å². The number of nitrogens with zero attached hydrogens (tertiary/aromatic N) is 1. The molecule has 1 aliphatic heterocycles. The first kappa shape index (κ1) is 10.4. The molecule has 1 aromatic heterocycles. The summed E-state index contributed by atoms with van der Waals surface area (Å²) in [5, 5.41) is 9.49. The van der Waals surface area contributed by atoms with E-state index in [9.17, 15) is 5.11 Å². The van der Waals surface area contributed by atoms with Crippen LogP contribution < -0.4 is 4.74 Å². The standard InChI is InChI=1S/C15H12N2O2/c18-9-5-6-12-13(7-9)17-15(16-12)11-8-19-14-4-2-1-3-10(11)14/h1-7,11,18H,8H2,(H,16,17). The topological polar surface area (TPSA) is 58.1 Å². The normalized spacial score (nSPS) is 17.4. The molecule has 94 valence electrons. The van der Waals surface area contributed by atoms with Crippen LogP contribution in [-0.2, 0) is 0 Å². The molecule has 0 saturated heterocycles. The predicted molar refractivity (Wildman–Crippen MR) is 71.5 cm³/mol. The van der Waals surface area contributed by atoms with Crippen LogP contribution in [0, 0.1) is 0 Å². The van der Waals surface area contributed by atoms with E-state index in [4.69, 9.17) is 4.74 Å². The molecule has 0 radical (unpaired) electrons. The maximum Gasteiger partial charge on any atom is 0.123 e. The highest BCUT2D eigenvalue weighted by Crippen LogP contribution is 2.37. The largest absolute Gasteiger partial charge is 0.508 e. The van der Waals surface area contributed by atoms with Gasteiger partial charge in [0.15, 0.2) is 0 Å². The molecule has 3 aromatic rings.